The van der Waals surface area contributed by atoms with Crippen molar-refractivity contribution in [2.45, 2.75) is 37.7 Å². The maximum atomic E-state index is 12.2. The standard InChI is InChI=1S/C18H20N4O3S/c1-12(2)8-13-9-15(25-22-13)10-21-17(23)16-5-4-14(24-16)11-26-18-19-6-3-7-20-18/h3-7,9,12H,8,10-11H2,1-2H3,(H,21,23). The van der Waals surface area contributed by atoms with Crippen molar-refractivity contribution in [1.29, 1.82) is 0 Å². The van der Waals surface area contributed by atoms with Crippen LogP contribution in [-0.2, 0) is 18.7 Å². The van der Waals surface area contributed by atoms with Crippen LogP contribution in [0.3, 0.4) is 0 Å². The fourth-order valence-electron chi connectivity index (χ4n) is 2.28. The molecule has 0 spiro atoms. The Morgan fingerprint density at radius 2 is 2.04 bits per heavy atom. The molecule has 0 fully saturated rings. The number of amides is 1. The number of nitrogens with one attached hydrogen (secondary N) is 1. The van der Waals surface area contributed by atoms with Crippen molar-refractivity contribution in [3.05, 3.63) is 59.6 Å². The Hall–Kier alpha value is -2.61. The lowest BCUT2D eigenvalue weighted by Gasteiger charge is -2.00. The van der Waals surface area contributed by atoms with E-state index in [4.69, 9.17) is 8.94 Å². The molecule has 136 valence electrons. The van der Waals surface area contributed by atoms with Gasteiger partial charge in [-0.25, -0.2) is 9.97 Å². The molecule has 0 saturated carbocycles. The molecule has 0 atom stereocenters. The second kappa shape index (κ2) is 8.66. The minimum atomic E-state index is -0.293. The molecule has 1 amide bonds. The summed E-state index contributed by atoms with van der Waals surface area (Å²) in [7, 11) is 0. The molecule has 7 nitrogen and oxygen atoms in total. The van der Waals surface area contributed by atoms with Crippen molar-refractivity contribution in [3.63, 3.8) is 0 Å². The molecule has 1 N–H and O–H groups in total. The number of aromatic nitrogens is 3. The van der Waals surface area contributed by atoms with E-state index in [2.05, 4.69) is 34.3 Å². The average molecular weight is 372 g/mol. The van der Waals surface area contributed by atoms with Crippen LogP contribution in [0.1, 0.15) is 41.6 Å². The van der Waals surface area contributed by atoms with Crippen LogP contribution < -0.4 is 5.32 Å². The zero-order valence-corrected chi connectivity index (χ0v) is 15.5. The highest BCUT2D eigenvalue weighted by molar-refractivity contribution is 7.98. The average Bonchev–Trinajstić information content (AvgIpc) is 3.28. The topological polar surface area (TPSA) is 94.1 Å². The summed E-state index contributed by atoms with van der Waals surface area (Å²) in [5.74, 6) is 2.33. The van der Waals surface area contributed by atoms with Crippen LogP contribution in [0.25, 0.3) is 0 Å². The number of rotatable bonds is 8. The fourth-order valence-corrected chi connectivity index (χ4v) is 2.98. The third kappa shape index (κ3) is 5.19. The molecule has 8 heteroatoms. The first kappa shape index (κ1) is 18.2. The molecular weight excluding hydrogens is 352 g/mol. The largest absolute Gasteiger partial charge is 0.455 e. The second-order valence-electron chi connectivity index (χ2n) is 6.15. The van der Waals surface area contributed by atoms with Gasteiger partial charge in [0.25, 0.3) is 5.91 Å². The molecule has 0 unspecified atom stereocenters. The van der Waals surface area contributed by atoms with Gasteiger partial charge in [0.2, 0.25) is 0 Å². The third-order valence-corrected chi connectivity index (χ3v) is 4.32. The Labute approximate surface area is 155 Å². The van der Waals surface area contributed by atoms with Crippen LogP contribution in [0.4, 0.5) is 0 Å². The number of hydrogen-bond donors (Lipinski definition) is 1. The van der Waals surface area contributed by atoms with Crippen molar-refractivity contribution in [3.8, 4) is 0 Å². The van der Waals surface area contributed by atoms with Crippen molar-refractivity contribution in [2.75, 3.05) is 0 Å². The van der Waals surface area contributed by atoms with E-state index in [1.165, 1.54) is 11.8 Å². The van der Waals surface area contributed by atoms with E-state index in [0.717, 1.165) is 12.1 Å². The summed E-state index contributed by atoms with van der Waals surface area (Å²) in [4.78, 5) is 20.5. The Balaban J connectivity index is 1.49. The Kier molecular flexibility index (Phi) is 6.06. The maximum Gasteiger partial charge on any atom is 0.287 e. The van der Waals surface area contributed by atoms with Crippen LogP contribution >= 0.6 is 11.8 Å². The Morgan fingerprint density at radius 1 is 1.23 bits per heavy atom. The first-order valence-corrected chi connectivity index (χ1v) is 9.30. The van der Waals surface area contributed by atoms with Crippen LogP contribution in [0.2, 0.25) is 0 Å². The number of carbonyl (C=O) groups is 1. The number of carbonyl (C=O) groups excluding carboxylic acids is 1. The van der Waals surface area contributed by atoms with Gasteiger partial charge in [-0.1, -0.05) is 30.8 Å². The van der Waals surface area contributed by atoms with Gasteiger partial charge in [-0.3, -0.25) is 4.79 Å². The van der Waals surface area contributed by atoms with Crippen LogP contribution in [-0.4, -0.2) is 21.0 Å². The highest BCUT2D eigenvalue weighted by Crippen LogP contribution is 2.20. The van der Waals surface area contributed by atoms with Crippen LogP contribution in [0.15, 0.2) is 50.8 Å². The molecular formula is C18H20N4O3S. The molecule has 0 bridgehead atoms. The molecule has 0 aliphatic carbocycles. The lowest BCUT2D eigenvalue weighted by molar-refractivity contribution is 0.0918. The minimum absolute atomic E-state index is 0.261. The third-order valence-electron chi connectivity index (χ3n) is 3.42. The molecule has 3 heterocycles. The molecule has 0 saturated heterocycles. The van der Waals surface area contributed by atoms with Crippen molar-refractivity contribution in [2.24, 2.45) is 5.92 Å². The van der Waals surface area contributed by atoms with Crippen LogP contribution in [0.5, 0.6) is 0 Å². The summed E-state index contributed by atoms with van der Waals surface area (Å²) in [5.41, 5.74) is 0.893. The van der Waals surface area contributed by atoms with E-state index < -0.39 is 0 Å². The molecule has 3 aromatic heterocycles. The van der Waals surface area contributed by atoms with Crippen molar-refractivity contribution in [1.82, 2.24) is 20.4 Å². The van der Waals surface area contributed by atoms with E-state index in [0.29, 0.717) is 28.3 Å². The zero-order chi connectivity index (χ0) is 18.4. The van der Waals surface area contributed by atoms with E-state index in [9.17, 15) is 4.79 Å². The predicted octanol–water partition coefficient (Wildman–Crippen LogP) is 3.48. The summed E-state index contributed by atoms with van der Waals surface area (Å²) in [6.07, 6.45) is 4.22. The van der Waals surface area contributed by atoms with Gasteiger partial charge in [-0.05, 0) is 30.5 Å². The normalized spacial score (nSPS) is 11.0. The first-order valence-electron chi connectivity index (χ1n) is 8.31. The van der Waals surface area contributed by atoms with E-state index in [-0.39, 0.29) is 18.2 Å². The molecule has 0 aromatic carbocycles. The molecule has 0 aliphatic heterocycles. The van der Waals surface area contributed by atoms with Gasteiger partial charge in [-0.15, -0.1) is 0 Å². The lowest BCUT2D eigenvalue weighted by Crippen LogP contribution is -2.21. The van der Waals surface area contributed by atoms with Crippen LogP contribution in [0, 0.1) is 5.92 Å². The van der Waals surface area contributed by atoms with E-state index >= 15 is 0 Å². The summed E-state index contributed by atoms with van der Waals surface area (Å²) < 4.78 is 10.8. The maximum absolute atomic E-state index is 12.2. The SMILES string of the molecule is CC(C)Cc1cc(CNC(=O)c2ccc(CSc3ncccn3)o2)on1. The smallest absolute Gasteiger partial charge is 0.287 e. The molecule has 3 rings (SSSR count). The quantitative estimate of drug-likeness (QED) is 0.478. The number of thioether (sulfide) groups is 1. The predicted molar refractivity (Wildman–Crippen MR) is 96.5 cm³/mol. The Bertz CT molecular complexity index is 845. The van der Waals surface area contributed by atoms with Crippen molar-refractivity contribution >= 4 is 17.7 Å². The number of hydrogen-bond acceptors (Lipinski definition) is 7. The number of nitrogens with zero attached hydrogens (tertiary/aromatic N) is 3. The molecule has 0 aliphatic rings. The summed E-state index contributed by atoms with van der Waals surface area (Å²) in [6, 6.07) is 7.06. The first-order chi connectivity index (χ1) is 12.6. The lowest BCUT2D eigenvalue weighted by atomic mass is 10.1. The number of furan rings is 1. The molecule has 26 heavy (non-hydrogen) atoms. The summed E-state index contributed by atoms with van der Waals surface area (Å²) in [6.45, 7) is 4.51. The van der Waals surface area contributed by atoms with Gasteiger partial charge in [0.15, 0.2) is 16.7 Å². The highest BCUT2D eigenvalue weighted by atomic mass is 32.2. The van der Waals surface area contributed by atoms with Gasteiger partial charge in [0.05, 0.1) is 18.0 Å². The summed E-state index contributed by atoms with van der Waals surface area (Å²) in [5, 5.41) is 7.44. The zero-order valence-electron chi connectivity index (χ0n) is 14.6. The fraction of sp³-hybridized carbons (Fsp3) is 0.333. The van der Waals surface area contributed by atoms with Gasteiger partial charge in [0.1, 0.15) is 5.76 Å². The molecule has 0 radical (unpaired) electrons. The monoisotopic (exact) mass is 372 g/mol. The highest BCUT2D eigenvalue weighted by Gasteiger charge is 2.13. The van der Waals surface area contributed by atoms with E-state index in [1.54, 1.807) is 30.6 Å². The Morgan fingerprint density at radius 3 is 2.81 bits per heavy atom. The summed E-state index contributed by atoms with van der Waals surface area (Å²) >= 11 is 1.45. The van der Waals surface area contributed by atoms with E-state index in [1.807, 2.05) is 6.07 Å². The van der Waals surface area contributed by atoms with Gasteiger partial charge in [-0.2, -0.15) is 0 Å². The van der Waals surface area contributed by atoms with Crippen molar-refractivity contribution < 1.29 is 13.7 Å². The van der Waals surface area contributed by atoms with Gasteiger partial charge >= 0.3 is 0 Å². The molecule has 3 aromatic rings. The van der Waals surface area contributed by atoms with Gasteiger partial charge in [0, 0.05) is 18.5 Å². The minimum Gasteiger partial charge on any atom is -0.455 e. The van der Waals surface area contributed by atoms with Gasteiger partial charge < -0.3 is 14.3 Å². The second-order valence-corrected chi connectivity index (χ2v) is 7.09.